The molecule has 2 amide bonds. The Balaban J connectivity index is 1.47. The molecule has 0 aliphatic carbocycles. The Kier molecular flexibility index (Phi) is 6.10. The summed E-state index contributed by atoms with van der Waals surface area (Å²) >= 11 is 0. The molecule has 11 heteroatoms. The number of fused-ring (bicyclic) bond motifs is 1. The number of benzene rings is 2. The predicted molar refractivity (Wildman–Crippen MR) is 141 cm³/mol. The first-order valence-electron chi connectivity index (χ1n) is 11.6. The van der Waals surface area contributed by atoms with Crippen molar-refractivity contribution in [3.8, 4) is 5.75 Å². The third-order valence-corrected chi connectivity index (χ3v) is 6.14. The largest absolute Gasteiger partial charge is 0.508 e. The van der Waals surface area contributed by atoms with Gasteiger partial charge < -0.3 is 26.9 Å². The lowest BCUT2D eigenvalue weighted by Gasteiger charge is -2.41. The van der Waals surface area contributed by atoms with Gasteiger partial charge in [0.05, 0.1) is 6.04 Å². The van der Waals surface area contributed by atoms with E-state index >= 15 is 0 Å². The van der Waals surface area contributed by atoms with Crippen LogP contribution in [-0.2, 0) is 0 Å². The number of amides is 2. The van der Waals surface area contributed by atoms with Gasteiger partial charge in [-0.05, 0) is 49.7 Å². The summed E-state index contributed by atoms with van der Waals surface area (Å²) < 4.78 is 1.71. The van der Waals surface area contributed by atoms with E-state index in [1.165, 1.54) is 18.5 Å². The predicted octanol–water partition coefficient (Wildman–Crippen LogP) is 3.16. The highest BCUT2D eigenvalue weighted by Crippen LogP contribution is 2.28. The van der Waals surface area contributed by atoms with Gasteiger partial charge in [0.1, 0.15) is 41.1 Å². The lowest BCUT2D eigenvalue weighted by Crippen LogP contribution is -2.59. The molecule has 0 saturated heterocycles. The second-order valence-corrected chi connectivity index (χ2v) is 8.72. The van der Waals surface area contributed by atoms with Crippen molar-refractivity contribution in [2.75, 3.05) is 26.7 Å². The molecular weight excluding hydrogens is 472 g/mol. The number of nitrogens with two attached hydrogens (primary N) is 1. The summed E-state index contributed by atoms with van der Waals surface area (Å²) in [5.41, 5.74) is 12.0. The number of carbonyl (C=O) groups excluding carboxylic acids is 2. The number of anilines is 4. The summed E-state index contributed by atoms with van der Waals surface area (Å²) in [6, 6.07) is 16.9. The summed E-state index contributed by atoms with van der Waals surface area (Å²) in [6.45, 7) is 3.76. The van der Waals surface area contributed by atoms with Gasteiger partial charge in [-0.3, -0.25) is 19.2 Å². The van der Waals surface area contributed by atoms with Crippen LogP contribution in [0, 0.1) is 6.92 Å². The van der Waals surface area contributed by atoms with Crippen LogP contribution in [0.3, 0.4) is 0 Å². The van der Waals surface area contributed by atoms with E-state index in [-0.39, 0.29) is 28.9 Å². The second-order valence-electron chi connectivity index (χ2n) is 8.72. The van der Waals surface area contributed by atoms with Crippen LogP contribution in [-0.4, -0.2) is 43.8 Å². The van der Waals surface area contributed by atoms with Gasteiger partial charge in [-0.25, -0.2) is 9.97 Å². The molecule has 188 valence electrons. The number of aryl methyl sites for hydroxylation is 1. The van der Waals surface area contributed by atoms with Gasteiger partial charge in [0.2, 0.25) is 0 Å². The third kappa shape index (κ3) is 4.49. The average molecular weight is 499 g/mol. The Morgan fingerprint density at radius 2 is 1.92 bits per heavy atom. The monoisotopic (exact) mass is 498 g/mol. The van der Waals surface area contributed by atoms with Gasteiger partial charge in [0.25, 0.3) is 11.8 Å². The molecule has 2 aromatic heterocycles. The van der Waals surface area contributed by atoms with Crippen molar-refractivity contribution in [1.29, 1.82) is 0 Å². The van der Waals surface area contributed by atoms with Gasteiger partial charge in [0, 0.05) is 23.6 Å². The van der Waals surface area contributed by atoms with Crippen LogP contribution in [0.4, 0.5) is 23.0 Å². The van der Waals surface area contributed by atoms with Gasteiger partial charge in [0.15, 0.2) is 0 Å². The van der Waals surface area contributed by atoms with E-state index in [0.717, 1.165) is 11.3 Å². The molecule has 0 fully saturated rings. The molecule has 2 atom stereocenters. The number of nitrogens with zero attached hydrogens (tertiary/aromatic N) is 4. The van der Waals surface area contributed by atoms with Crippen LogP contribution in [0.5, 0.6) is 5.75 Å². The molecule has 0 bridgehead atoms. The van der Waals surface area contributed by atoms with E-state index in [4.69, 9.17) is 5.73 Å². The maximum absolute atomic E-state index is 13.6. The number of carbonyl (C=O) groups is 2. The number of hydrogen-bond acceptors (Lipinski definition) is 8. The second kappa shape index (κ2) is 9.53. The van der Waals surface area contributed by atoms with Gasteiger partial charge in [-0.1, -0.05) is 24.3 Å². The lowest BCUT2D eigenvalue weighted by molar-refractivity contribution is 0.0953. The highest BCUT2D eigenvalue weighted by atomic mass is 16.3. The number of aromatic nitrogens is 3. The number of nitrogens with one attached hydrogen (secondary N) is 3. The molecule has 6 N–H and O–H groups in total. The van der Waals surface area contributed by atoms with E-state index in [9.17, 15) is 14.7 Å². The standard InChI is InChI=1S/C26H26N8O3/c1-15-11-12-33-21(15)26(37)34(18-8-4-3-5-9-18)24(32-33)16(2)30-23-20(22(27)28-14-29-23)25(36)31-17-7-6-10-19(35)13-17/h3-14,16,24,32,35H,1-2H3,(H,31,36)(H3,27,28,29,30)/t16-,24?/m0/s1. The third-order valence-electron chi connectivity index (χ3n) is 6.14. The first-order valence-corrected chi connectivity index (χ1v) is 11.6. The molecule has 5 rings (SSSR count). The first-order chi connectivity index (χ1) is 17.8. The Morgan fingerprint density at radius 3 is 2.68 bits per heavy atom. The Hall–Kier alpha value is -5.06. The van der Waals surface area contributed by atoms with E-state index < -0.39 is 18.1 Å². The van der Waals surface area contributed by atoms with Crippen LogP contribution in [0.15, 0.2) is 73.2 Å². The van der Waals surface area contributed by atoms with Crippen LogP contribution in [0.2, 0.25) is 0 Å². The minimum Gasteiger partial charge on any atom is -0.508 e. The maximum Gasteiger partial charge on any atom is 0.278 e. The van der Waals surface area contributed by atoms with Crippen LogP contribution in [0.1, 0.15) is 33.3 Å². The number of phenolic OH excluding ortho intramolecular Hbond substituents is 1. The molecule has 0 saturated carbocycles. The topological polar surface area (TPSA) is 150 Å². The zero-order valence-electron chi connectivity index (χ0n) is 20.2. The minimum atomic E-state index is -0.549. The molecule has 37 heavy (non-hydrogen) atoms. The van der Waals surface area contributed by atoms with Crippen LogP contribution >= 0.6 is 0 Å². The number of nitrogen functional groups attached to an aromatic ring is 1. The normalized spacial score (nSPS) is 15.5. The van der Waals surface area contributed by atoms with Gasteiger partial charge >= 0.3 is 0 Å². The fraction of sp³-hybridized carbons (Fsp3) is 0.154. The van der Waals surface area contributed by atoms with E-state index in [0.29, 0.717) is 11.4 Å². The highest BCUT2D eigenvalue weighted by molar-refractivity contribution is 6.11. The molecule has 2 aromatic carbocycles. The summed E-state index contributed by atoms with van der Waals surface area (Å²) in [4.78, 5) is 36.7. The fourth-order valence-corrected chi connectivity index (χ4v) is 4.36. The summed E-state index contributed by atoms with van der Waals surface area (Å²) in [5, 5.41) is 15.7. The Bertz CT molecular complexity index is 1470. The van der Waals surface area contributed by atoms with E-state index in [1.807, 2.05) is 50.2 Å². The zero-order valence-corrected chi connectivity index (χ0v) is 20.2. The molecule has 1 aliphatic rings. The SMILES string of the molecule is Cc1ccn2c1C(=O)N(c1ccccc1)C([C@H](C)Nc1ncnc(N)c1C(=O)Nc1cccc(O)c1)N2. The minimum absolute atomic E-state index is 0.00992. The Labute approximate surface area is 212 Å². The molecule has 3 heterocycles. The van der Waals surface area contributed by atoms with Gasteiger partial charge in [-0.2, -0.15) is 0 Å². The number of hydrogen-bond donors (Lipinski definition) is 5. The van der Waals surface area contributed by atoms with E-state index in [2.05, 4.69) is 26.0 Å². The van der Waals surface area contributed by atoms with Crippen molar-refractivity contribution in [1.82, 2.24) is 14.6 Å². The number of rotatable bonds is 6. The zero-order chi connectivity index (χ0) is 26.1. The summed E-state index contributed by atoms with van der Waals surface area (Å²) in [6.07, 6.45) is 2.52. The number of para-hydroxylation sites is 1. The molecule has 11 nitrogen and oxygen atoms in total. The van der Waals surface area contributed by atoms with E-state index in [1.54, 1.807) is 27.9 Å². The van der Waals surface area contributed by atoms with Gasteiger partial charge in [-0.15, -0.1) is 0 Å². The molecule has 4 aromatic rings. The summed E-state index contributed by atoms with van der Waals surface area (Å²) in [7, 11) is 0. The molecule has 0 spiro atoms. The van der Waals surface area contributed by atoms with Crippen molar-refractivity contribution in [3.05, 3.63) is 90.0 Å². The fourth-order valence-electron chi connectivity index (χ4n) is 4.36. The van der Waals surface area contributed by atoms with Crippen molar-refractivity contribution in [3.63, 3.8) is 0 Å². The average Bonchev–Trinajstić information content (AvgIpc) is 3.25. The number of phenols is 1. The van der Waals surface area contributed by atoms with Crippen molar-refractivity contribution < 1.29 is 14.7 Å². The molecule has 1 unspecified atom stereocenters. The Morgan fingerprint density at radius 1 is 1.14 bits per heavy atom. The van der Waals surface area contributed by atoms with Crippen molar-refractivity contribution >= 4 is 34.8 Å². The quantitative estimate of drug-likeness (QED) is 0.272. The lowest BCUT2D eigenvalue weighted by atomic mass is 10.1. The summed E-state index contributed by atoms with van der Waals surface area (Å²) in [5.74, 6) is -0.507. The molecular formula is C26H26N8O3. The van der Waals surface area contributed by atoms with Crippen molar-refractivity contribution in [2.24, 2.45) is 0 Å². The first kappa shape index (κ1) is 23.7. The van der Waals surface area contributed by atoms with Crippen molar-refractivity contribution in [2.45, 2.75) is 26.1 Å². The maximum atomic E-state index is 13.6. The van der Waals surface area contributed by atoms with Crippen LogP contribution in [0.25, 0.3) is 0 Å². The smallest absolute Gasteiger partial charge is 0.278 e. The number of aromatic hydroxyl groups is 1. The van der Waals surface area contributed by atoms with Crippen LogP contribution < -0.4 is 26.7 Å². The highest BCUT2D eigenvalue weighted by Gasteiger charge is 2.38. The molecule has 1 aliphatic heterocycles. The molecule has 0 radical (unpaired) electrons.